The average molecular weight is 206 g/mol. The van der Waals surface area contributed by atoms with E-state index in [-0.39, 0.29) is 16.5 Å². The molecular formula is C10H4F2N2O. The van der Waals surface area contributed by atoms with Crippen molar-refractivity contribution in [3.63, 3.8) is 0 Å². The second-order valence-electron chi connectivity index (χ2n) is 2.95. The molecule has 1 heterocycles. The number of nitrogens with zero attached hydrogens (tertiary/aromatic N) is 1. The lowest BCUT2D eigenvalue weighted by Crippen LogP contribution is -2.10. The van der Waals surface area contributed by atoms with Crippen molar-refractivity contribution < 1.29 is 8.78 Å². The summed E-state index contributed by atoms with van der Waals surface area (Å²) < 4.78 is 26.0. The highest BCUT2D eigenvalue weighted by molar-refractivity contribution is 5.80. The number of fused-ring (bicyclic) bond motifs is 1. The third kappa shape index (κ3) is 1.36. The number of nitrogens with one attached hydrogen (secondary N) is 1. The molecule has 0 spiro atoms. The van der Waals surface area contributed by atoms with Crippen LogP contribution in [-0.4, -0.2) is 4.98 Å². The number of aromatic amines is 1. The Balaban J connectivity index is 2.95. The molecule has 0 bridgehead atoms. The minimum Gasteiger partial charge on any atom is -0.318 e. The molecule has 0 aliphatic carbocycles. The first-order valence-corrected chi connectivity index (χ1v) is 4.04. The molecule has 0 unspecified atom stereocenters. The van der Waals surface area contributed by atoms with Crippen LogP contribution in [0.15, 0.2) is 23.0 Å². The van der Waals surface area contributed by atoms with Crippen LogP contribution in [0.1, 0.15) is 5.56 Å². The number of nitriles is 1. The number of benzene rings is 1. The molecule has 0 aliphatic rings. The number of pyridine rings is 1. The fourth-order valence-electron chi connectivity index (χ4n) is 1.30. The van der Waals surface area contributed by atoms with Gasteiger partial charge in [0, 0.05) is 5.39 Å². The molecule has 0 amide bonds. The zero-order valence-corrected chi connectivity index (χ0v) is 7.34. The summed E-state index contributed by atoms with van der Waals surface area (Å²) in [5, 5.41) is 8.85. The first kappa shape index (κ1) is 9.34. The van der Waals surface area contributed by atoms with E-state index in [0.29, 0.717) is 0 Å². The van der Waals surface area contributed by atoms with Gasteiger partial charge in [0.15, 0.2) is 11.6 Å². The number of aromatic nitrogens is 1. The number of halogens is 2. The zero-order chi connectivity index (χ0) is 11.0. The van der Waals surface area contributed by atoms with Gasteiger partial charge in [0.1, 0.15) is 11.6 Å². The summed E-state index contributed by atoms with van der Waals surface area (Å²) in [6.45, 7) is 0. The topological polar surface area (TPSA) is 56.6 Å². The number of hydrogen-bond acceptors (Lipinski definition) is 2. The number of hydrogen-bond donors (Lipinski definition) is 1. The van der Waals surface area contributed by atoms with E-state index in [1.165, 1.54) is 12.1 Å². The molecule has 2 aromatic rings. The fourth-order valence-corrected chi connectivity index (χ4v) is 1.30. The van der Waals surface area contributed by atoms with Crippen LogP contribution in [0.5, 0.6) is 0 Å². The van der Waals surface area contributed by atoms with E-state index in [1.807, 2.05) is 0 Å². The van der Waals surface area contributed by atoms with Crippen LogP contribution >= 0.6 is 0 Å². The third-order valence-corrected chi connectivity index (χ3v) is 2.03. The maximum atomic E-state index is 13.2. The summed E-state index contributed by atoms with van der Waals surface area (Å²) in [4.78, 5) is 13.3. The van der Waals surface area contributed by atoms with Crippen LogP contribution < -0.4 is 5.56 Å². The van der Waals surface area contributed by atoms with Crippen molar-refractivity contribution in [2.45, 2.75) is 0 Å². The first-order valence-electron chi connectivity index (χ1n) is 4.04. The van der Waals surface area contributed by atoms with Crippen molar-refractivity contribution >= 4 is 10.9 Å². The van der Waals surface area contributed by atoms with Gasteiger partial charge >= 0.3 is 0 Å². The van der Waals surface area contributed by atoms with Gasteiger partial charge in [0.25, 0.3) is 5.56 Å². The van der Waals surface area contributed by atoms with Gasteiger partial charge in [-0.15, -0.1) is 0 Å². The van der Waals surface area contributed by atoms with E-state index in [0.717, 1.165) is 6.07 Å². The molecule has 74 valence electrons. The Kier molecular flexibility index (Phi) is 1.97. The Hall–Kier alpha value is -2.22. The summed E-state index contributed by atoms with van der Waals surface area (Å²) in [5.41, 5.74) is -1.08. The molecule has 0 aliphatic heterocycles. The van der Waals surface area contributed by atoms with Crippen LogP contribution in [-0.2, 0) is 0 Å². The van der Waals surface area contributed by atoms with Crippen molar-refractivity contribution in [2.75, 3.05) is 0 Å². The van der Waals surface area contributed by atoms with Crippen molar-refractivity contribution in [2.24, 2.45) is 0 Å². The largest absolute Gasteiger partial charge is 0.318 e. The second-order valence-corrected chi connectivity index (χ2v) is 2.95. The van der Waals surface area contributed by atoms with E-state index < -0.39 is 17.2 Å². The van der Waals surface area contributed by atoms with Crippen LogP contribution in [0.2, 0.25) is 0 Å². The summed E-state index contributed by atoms with van der Waals surface area (Å²) in [7, 11) is 0. The molecule has 1 aromatic heterocycles. The Morgan fingerprint density at radius 1 is 1.33 bits per heavy atom. The predicted molar refractivity (Wildman–Crippen MR) is 49.2 cm³/mol. The van der Waals surface area contributed by atoms with Gasteiger partial charge in [-0.3, -0.25) is 4.79 Å². The van der Waals surface area contributed by atoms with Crippen LogP contribution in [0.4, 0.5) is 8.78 Å². The van der Waals surface area contributed by atoms with Crippen LogP contribution in [0, 0.1) is 23.0 Å². The summed E-state index contributed by atoms with van der Waals surface area (Å²) in [5.74, 6) is -2.16. The molecule has 1 aromatic carbocycles. The average Bonchev–Trinajstić information content (AvgIpc) is 2.24. The molecule has 3 nitrogen and oxygen atoms in total. The lowest BCUT2D eigenvalue weighted by molar-refractivity contribution is 0.515. The standard InChI is InChI=1S/C10H4F2N2O/c11-7-2-1-5-3-6(4-13)10(15)14-9(5)8(7)12/h1-3H,(H,14,15). The van der Waals surface area contributed by atoms with E-state index >= 15 is 0 Å². The zero-order valence-electron chi connectivity index (χ0n) is 7.34. The third-order valence-electron chi connectivity index (χ3n) is 2.03. The Labute approximate surface area is 82.6 Å². The Bertz CT molecular complexity index is 640. The van der Waals surface area contributed by atoms with Gasteiger partial charge in [-0.2, -0.15) is 5.26 Å². The molecule has 0 saturated carbocycles. The smallest absolute Gasteiger partial charge is 0.266 e. The number of rotatable bonds is 0. The molecule has 2 rings (SSSR count). The Morgan fingerprint density at radius 3 is 2.73 bits per heavy atom. The normalized spacial score (nSPS) is 10.2. The summed E-state index contributed by atoms with van der Waals surface area (Å²) >= 11 is 0. The lowest BCUT2D eigenvalue weighted by Gasteiger charge is -2.00. The molecular weight excluding hydrogens is 202 g/mol. The van der Waals surface area contributed by atoms with Gasteiger partial charge in [-0.05, 0) is 18.2 Å². The first-order chi connectivity index (χ1) is 7.13. The van der Waals surface area contributed by atoms with E-state index in [1.54, 1.807) is 6.07 Å². The minimum atomic E-state index is -1.12. The van der Waals surface area contributed by atoms with Crippen LogP contribution in [0.25, 0.3) is 10.9 Å². The molecule has 5 heteroatoms. The van der Waals surface area contributed by atoms with Crippen molar-refractivity contribution in [1.82, 2.24) is 4.98 Å². The predicted octanol–water partition coefficient (Wildman–Crippen LogP) is 1.68. The molecule has 0 radical (unpaired) electrons. The van der Waals surface area contributed by atoms with Gasteiger partial charge in [-0.1, -0.05) is 0 Å². The molecule has 15 heavy (non-hydrogen) atoms. The fraction of sp³-hybridized carbons (Fsp3) is 0. The Morgan fingerprint density at radius 2 is 2.07 bits per heavy atom. The highest BCUT2D eigenvalue weighted by Crippen LogP contribution is 2.17. The highest BCUT2D eigenvalue weighted by Gasteiger charge is 2.09. The SMILES string of the molecule is N#Cc1cc2ccc(F)c(F)c2[nH]c1=O. The molecule has 0 fully saturated rings. The summed E-state index contributed by atoms with van der Waals surface area (Å²) in [6.07, 6.45) is 0. The second kappa shape index (κ2) is 3.17. The maximum absolute atomic E-state index is 13.2. The van der Waals surface area contributed by atoms with E-state index in [4.69, 9.17) is 5.26 Å². The van der Waals surface area contributed by atoms with Crippen molar-refractivity contribution in [3.05, 3.63) is 45.8 Å². The maximum Gasteiger partial charge on any atom is 0.266 e. The van der Waals surface area contributed by atoms with Gasteiger partial charge in [-0.25, -0.2) is 8.78 Å². The van der Waals surface area contributed by atoms with Gasteiger partial charge in [0.05, 0.1) is 5.52 Å². The quantitative estimate of drug-likeness (QED) is 0.712. The van der Waals surface area contributed by atoms with Crippen molar-refractivity contribution in [1.29, 1.82) is 5.26 Å². The number of H-pyrrole nitrogens is 1. The monoisotopic (exact) mass is 206 g/mol. The van der Waals surface area contributed by atoms with Crippen LogP contribution in [0.3, 0.4) is 0 Å². The van der Waals surface area contributed by atoms with Gasteiger partial charge < -0.3 is 4.98 Å². The molecule has 0 saturated heterocycles. The van der Waals surface area contributed by atoms with E-state index in [9.17, 15) is 13.6 Å². The lowest BCUT2D eigenvalue weighted by atomic mass is 10.1. The van der Waals surface area contributed by atoms with E-state index in [2.05, 4.69) is 4.98 Å². The minimum absolute atomic E-state index is 0.131. The van der Waals surface area contributed by atoms with Crippen molar-refractivity contribution in [3.8, 4) is 6.07 Å². The molecule has 1 N–H and O–H groups in total. The summed E-state index contributed by atoms with van der Waals surface area (Å²) in [6, 6.07) is 5.12. The molecule has 0 atom stereocenters. The van der Waals surface area contributed by atoms with Gasteiger partial charge in [0.2, 0.25) is 0 Å². The highest BCUT2D eigenvalue weighted by atomic mass is 19.2.